The summed E-state index contributed by atoms with van der Waals surface area (Å²) in [4.78, 5) is 27.0. The first-order valence-electron chi connectivity index (χ1n) is 10.6. The zero-order valence-corrected chi connectivity index (χ0v) is 20.5. The van der Waals surface area contributed by atoms with Gasteiger partial charge in [0.1, 0.15) is 11.9 Å². The van der Waals surface area contributed by atoms with Gasteiger partial charge in [0.25, 0.3) is 0 Å². The van der Waals surface area contributed by atoms with Gasteiger partial charge in [0.15, 0.2) is 0 Å². The minimum Gasteiger partial charge on any atom is -0.355 e. The van der Waals surface area contributed by atoms with Crippen molar-refractivity contribution < 1.29 is 22.4 Å². The van der Waals surface area contributed by atoms with Gasteiger partial charge in [-0.25, -0.2) is 12.8 Å². The first kappa shape index (κ1) is 26.6. The highest BCUT2D eigenvalue weighted by Crippen LogP contribution is 2.23. The molecule has 0 radical (unpaired) electrons. The lowest BCUT2D eigenvalue weighted by atomic mass is 10.1. The zero-order chi connectivity index (χ0) is 24.6. The molecular formula is C23H29ClFN3O4S. The van der Waals surface area contributed by atoms with Gasteiger partial charge >= 0.3 is 0 Å². The summed E-state index contributed by atoms with van der Waals surface area (Å²) < 4.78 is 39.6. The molecule has 0 aliphatic rings. The molecule has 2 rings (SSSR count). The van der Waals surface area contributed by atoms with Crippen LogP contribution in [0.1, 0.15) is 32.3 Å². The maximum Gasteiger partial charge on any atom is 0.242 e. The molecule has 0 aliphatic heterocycles. The van der Waals surface area contributed by atoms with Crippen molar-refractivity contribution in [3.05, 3.63) is 64.9 Å². The molecule has 0 aromatic heterocycles. The van der Waals surface area contributed by atoms with Crippen molar-refractivity contribution >= 4 is 39.1 Å². The number of carbonyl (C=O) groups excluding carboxylic acids is 2. The van der Waals surface area contributed by atoms with Gasteiger partial charge < -0.3 is 10.2 Å². The molecule has 7 nitrogen and oxygen atoms in total. The van der Waals surface area contributed by atoms with Crippen molar-refractivity contribution in [2.24, 2.45) is 0 Å². The number of hydrogen-bond acceptors (Lipinski definition) is 4. The normalized spacial score (nSPS) is 12.2. The third-order valence-electron chi connectivity index (χ3n) is 5.09. The SMILES string of the molecule is CCNC(=O)C(C)N(Cc1ccccc1Cl)C(=O)CCCN(c1ccccc1F)S(C)(=O)=O. The van der Waals surface area contributed by atoms with E-state index in [1.54, 1.807) is 44.2 Å². The summed E-state index contributed by atoms with van der Waals surface area (Å²) >= 11 is 6.25. The van der Waals surface area contributed by atoms with Gasteiger partial charge in [0.05, 0.1) is 11.9 Å². The lowest BCUT2D eigenvalue weighted by Gasteiger charge is -2.29. The Kier molecular flexibility index (Phi) is 9.67. The molecule has 10 heteroatoms. The number of anilines is 1. The third kappa shape index (κ3) is 7.43. The number of likely N-dealkylation sites (N-methyl/N-ethyl adjacent to an activating group) is 1. The van der Waals surface area contributed by atoms with Gasteiger partial charge in [-0.1, -0.05) is 41.9 Å². The van der Waals surface area contributed by atoms with Crippen LogP contribution in [0.5, 0.6) is 0 Å². The van der Waals surface area contributed by atoms with Crippen LogP contribution < -0.4 is 9.62 Å². The quantitative estimate of drug-likeness (QED) is 0.514. The van der Waals surface area contributed by atoms with E-state index in [2.05, 4.69) is 5.32 Å². The van der Waals surface area contributed by atoms with Gasteiger partial charge in [0, 0.05) is 31.1 Å². The first-order valence-corrected chi connectivity index (χ1v) is 12.8. The number of halogens is 2. The number of amides is 2. The molecule has 0 aliphatic carbocycles. The summed E-state index contributed by atoms with van der Waals surface area (Å²) in [6.45, 7) is 3.87. The molecule has 180 valence electrons. The average molecular weight is 498 g/mol. The topological polar surface area (TPSA) is 86.8 Å². The van der Waals surface area contributed by atoms with E-state index < -0.39 is 21.9 Å². The van der Waals surface area contributed by atoms with Gasteiger partial charge in [-0.05, 0) is 44.0 Å². The molecule has 2 aromatic rings. The molecular weight excluding hydrogens is 469 g/mol. The fourth-order valence-electron chi connectivity index (χ4n) is 3.35. The third-order valence-corrected chi connectivity index (χ3v) is 6.64. The molecule has 0 heterocycles. The monoisotopic (exact) mass is 497 g/mol. The Morgan fingerprint density at radius 3 is 2.36 bits per heavy atom. The Labute approximate surface area is 199 Å². The van der Waals surface area contributed by atoms with Crippen molar-refractivity contribution in [1.82, 2.24) is 10.2 Å². The van der Waals surface area contributed by atoms with Crippen LogP contribution in [0.2, 0.25) is 5.02 Å². The van der Waals surface area contributed by atoms with Crippen LogP contribution in [0.15, 0.2) is 48.5 Å². The number of benzene rings is 2. The fraction of sp³-hybridized carbons (Fsp3) is 0.391. The van der Waals surface area contributed by atoms with E-state index >= 15 is 0 Å². The summed E-state index contributed by atoms with van der Waals surface area (Å²) in [5, 5.41) is 3.18. The van der Waals surface area contributed by atoms with E-state index in [1.807, 2.05) is 0 Å². The number of para-hydroxylation sites is 1. The number of hydrogen-bond donors (Lipinski definition) is 1. The van der Waals surface area contributed by atoms with Crippen LogP contribution in [0.25, 0.3) is 0 Å². The molecule has 2 aromatic carbocycles. The van der Waals surface area contributed by atoms with Crippen molar-refractivity contribution in [1.29, 1.82) is 0 Å². The van der Waals surface area contributed by atoms with Crippen LogP contribution in [0, 0.1) is 5.82 Å². The Morgan fingerprint density at radius 2 is 1.76 bits per heavy atom. The van der Waals surface area contributed by atoms with Crippen molar-refractivity contribution in [3.8, 4) is 0 Å². The molecule has 1 unspecified atom stereocenters. The van der Waals surface area contributed by atoms with Crippen LogP contribution in [-0.2, 0) is 26.2 Å². The fourth-order valence-corrected chi connectivity index (χ4v) is 4.51. The highest BCUT2D eigenvalue weighted by atomic mass is 35.5. The van der Waals surface area contributed by atoms with E-state index in [1.165, 1.54) is 23.1 Å². The first-order chi connectivity index (χ1) is 15.6. The van der Waals surface area contributed by atoms with E-state index in [4.69, 9.17) is 11.6 Å². The van der Waals surface area contributed by atoms with E-state index in [0.29, 0.717) is 17.1 Å². The summed E-state index contributed by atoms with van der Waals surface area (Å²) in [7, 11) is -3.76. The van der Waals surface area contributed by atoms with Crippen molar-refractivity contribution in [3.63, 3.8) is 0 Å². The van der Waals surface area contributed by atoms with Gasteiger partial charge in [-0.15, -0.1) is 0 Å². The number of rotatable bonds is 11. The molecule has 1 N–H and O–H groups in total. The smallest absolute Gasteiger partial charge is 0.242 e. The van der Waals surface area contributed by atoms with Crippen molar-refractivity contribution in [2.75, 3.05) is 23.7 Å². The highest BCUT2D eigenvalue weighted by molar-refractivity contribution is 7.92. The van der Waals surface area contributed by atoms with Gasteiger partial charge in [0.2, 0.25) is 21.8 Å². The Hall–Kier alpha value is -2.65. The lowest BCUT2D eigenvalue weighted by Crippen LogP contribution is -2.47. The minimum atomic E-state index is -3.76. The number of carbonyl (C=O) groups is 2. The molecule has 0 saturated carbocycles. The summed E-state index contributed by atoms with van der Waals surface area (Å²) in [6, 6.07) is 11.8. The van der Waals surface area contributed by atoms with E-state index in [9.17, 15) is 22.4 Å². The van der Waals surface area contributed by atoms with Crippen LogP contribution >= 0.6 is 11.6 Å². The zero-order valence-electron chi connectivity index (χ0n) is 18.9. The Bertz CT molecular complexity index is 1080. The minimum absolute atomic E-state index is 0.0331. The second kappa shape index (κ2) is 12.0. The van der Waals surface area contributed by atoms with Gasteiger partial charge in [-0.3, -0.25) is 13.9 Å². The predicted molar refractivity (Wildman–Crippen MR) is 128 cm³/mol. The number of nitrogens with zero attached hydrogens (tertiary/aromatic N) is 2. The molecule has 0 spiro atoms. The van der Waals surface area contributed by atoms with Crippen LogP contribution in [0.3, 0.4) is 0 Å². The summed E-state index contributed by atoms with van der Waals surface area (Å²) in [5.74, 6) is -1.31. The Balaban J connectivity index is 2.18. The molecule has 2 amide bonds. The molecule has 33 heavy (non-hydrogen) atoms. The molecule has 0 saturated heterocycles. The lowest BCUT2D eigenvalue weighted by molar-refractivity contribution is -0.140. The maximum absolute atomic E-state index is 14.2. The Morgan fingerprint density at radius 1 is 1.12 bits per heavy atom. The summed E-state index contributed by atoms with van der Waals surface area (Å²) in [5.41, 5.74) is 0.615. The highest BCUT2D eigenvalue weighted by Gasteiger charge is 2.27. The molecule has 0 fully saturated rings. The molecule has 0 bridgehead atoms. The maximum atomic E-state index is 14.2. The number of nitrogens with one attached hydrogen (secondary N) is 1. The van der Waals surface area contributed by atoms with Gasteiger partial charge in [-0.2, -0.15) is 0 Å². The molecule has 1 atom stereocenters. The van der Waals surface area contributed by atoms with Crippen LogP contribution in [0.4, 0.5) is 10.1 Å². The second-order valence-electron chi connectivity index (χ2n) is 7.57. The van der Waals surface area contributed by atoms with Crippen molar-refractivity contribution in [2.45, 2.75) is 39.3 Å². The standard InChI is InChI=1S/C23H29ClFN3O4S/c1-4-26-23(30)17(2)27(16-18-10-5-6-11-19(18)24)22(29)14-9-15-28(33(3,31)32)21-13-8-7-12-20(21)25/h5-8,10-13,17H,4,9,14-16H2,1-3H3,(H,26,30). The summed E-state index contributed by atoms with van der Waals surface area (Å²) in [6.07, 6.45) is 1.10. The largest absolute Gasteiger partial charge is 0.355 e. The van der Waals surface area contributed by atoms with E-state index in [0.717, 1.165) is 10.6 Å². The van der Waals surface area contributed by atoms with Crippen LogP contribution in [-0.4, -0.2) is 50.5 Å². The number of sulfonamides is 1. The second-order valence-corrected chi connectivity index (χ2v) is 9.89. The average Bonchev–Trinajstić information content (AvgIpc) is 2.75. The predicted octanol–water partition coefficient (Wildman–Crippen LogP) is 3.58. The van der Waals surface area contributed by atoms with E-state index in [-0.39, 0.29) is 43.4 Å².